The smallest absolute Gasteiger partial charge is 0.270 e. The number of aromatic amines is 1. The maximum atomic E-state index is 12.9. The fourth-order valence-electron chi connectivity index (χ4n) is 4.11. The lowest BCUT2D eigenvalue weighted by atomic mass is 9.97. The summed E-state index contributed by atoms with van der Waals surface area (Å²) >= 11 is 1.37. The number of carbonyl (C=O) groups is 1. The molecule has 1 amide bonds. The van der Waals surface area contributed by atoms with Gasteiger partial charge in [0.2, 0.25) is 11.9 Å². The number of nitrogens with zero attached hydrogens (tertiary/aromatic N) is 2. The topological polar surface area (TPSA) is 96.6 Å². The molecule has 1 atom stereocenters. The number of nitrogens with one attached hydrogen (secondary N) is 2. The van der Waals surface area contributed by atoms with Crippen molar-refractivity contribution in [3.05, 3.63) is 33.9 Å². The molecule has 1 aliphatic rings. The van der Waals surface area contributed by atoms with E-state index in [0.717, 1.165) is 30.5 Å². The molecule has 1 unspecified atom stereocenters. The number of benzene rings is 1. The van der Waals surface area contributed by atoms with Gasteiger partial charge in [-0.1, -0.05) is 19.9 Å². The van der Waals surface area contributed by atoms with Crippen LogP contribution in [-0.2, 0) is 4.79 Å². The molecule has 0 saturated carbocycles. The highest BCUT2D eigenvalue weighted by molar-refractivity contribution is 7.17. The predicted octanol–water partition coefficient (Wildman–Crippen LogP) is 3.66. The van der Waals surface area contributed by atoms with Crippen LogP contribution in [0.4, 0.5) is 5.95 Å². The molecule has 0 spiro atoms. The summed E-state index contributed by atoms with van der Waals surface area (Å²) in [6, 6.07) is 5.66. The summed E-state index contributed by atoms with van der Waals surface area (Å²) in [5.41, 5.74) is 2.24. The van der Waals surface area contributed by atoms with Gasteiger partial charge in [-0.3, -0.25) is 14.6 Å². The van der Waals surface area contributed by atoms with Gasteiger partial charge >= 0.3 is 0 Å². The van der Waals surface area contributed by atoms with Crippen LogP contribution in [0, 0.1) is 11.8 Å². The number of ether oxygens (including phenoxy) is 2. The minimum atomic E-state index is -0.168. The molecule has 176 valence electrons. The lowest BCUT2D eigenvalue weighted by Gasteiger charge is -2.32. The maximum Gasteiger partial charge on any atom is 0.270 e. The van der Waals surface area contributed by atoms with Crippen molar-refractivity contribution >= 4 is 33.4 Å². The molecule has 2 aromatic heterocycles. The summed E-state index contributed by atoms with van der Waals surface area (Å²) in [6.45, 7) is 6.11. The Morgan fingerprint density at radius 1 is 1.30 bits per heavy atom. The van der Waals surface area contributed by atoms with Crippen molar-refractivity contribution in [2.24, 2.45) is 11.8 Å². The molecule has 3 aromatic rings. The fourth-order valence-corrected chi connectivity index (χ4v) is 5.02. The minimum Gasteiger partial charge on any atom is -0.493 e. The largest absolute Gasteiger partial charge is 0.493 e. The van der Waals surface area contributed by atoms with Crippen molar-refractivity contribution in [2.45, 2.75) is 26.7 Å². The Morgan fingerprint density at radius 2 is 2.09 bits per heavy atom. The molecule has 9 heteroatoms. The molecule has 1 saturated heterocycles. The highest BCUT2D eigenvalue weighted by Gasteiger charge is 2.27. The Morgan fingerprint density at radius 3 is 2.82 bits per heavy atom. The number of aromatic nitrogens is 2. The third kappa shape index (κ3) is 4.83. The Bertz CT molecular complexity index is 1200. The normalized spacial score (nSPS) is 16.3. The van der Waals surface area contributed by atoms with Crippen molar-refractivity contribution in [2.75, 3.05) is 38.8 Å². The van der Waals surface area contributed by atoms with Crippen LogP contribution >= 0.6 is 11.3 Å². The zero-order valence-electron chi connectivity index (χ0n) is 19.4. The van der Waals surface area contributed by atoms with Gasteiger partial charge in [-0.2, -0.15) is 0 Å². The van der Waals surface area contributed by atoms with Gasteiger partial charge in [0, 0.05) is 30.6 Å². The van der Waals surface area contributed by atoms with Gasteiger partial charge in [0.25, 0.3) is 5.56 Å². The van der Waals surface area contributed by atoms with Crippen molar-refractivity contribution in [1.29, 1.82) is 0 Å². The second kappa shape index (κ2) is 9.82. The zero-order valence-corrected chi connectivity index (χ0v) is 20.3. The van der Waals surface area contributed by atoms with Gasteiger partial charge in [0.05, 0.1) is 25.7 Å². The Kier molecular flexibility index (Phi) is 6.88. The van der Waals surface area contributed by atoms with Crippen LogP contribution < -0.4 is 25.2 Å². The van der Waals surface area contributed by atoms with Crippen LogP contribution in [0.15, 0.2) is 28.4 Å². The van der Waals surface area contributed by atoms with Gasteiger partial charge in [-0.05, 0) is 36.5 Å². The van der Waals surface area contributed by atoms with E-state index in [4.69, 9.17) is 14.5 Å². The molecular weight excluding hydrogens is 440 g/mol. The van der Waals surface area contributed by atoms with Gasteiger partial charge in [-0.25, -0.2) is 4.98 Å². The second-order valence-corrected chi connectivity index (χ2v) is 9.59. The number of hydrogen-bond donors (Lipinski definition) is 2. The van der Waals surface area contributed by atoms with E-state index in [1.807, 2.05) is 28.5 Å². The summed E-state index contributed by atoms with van der Waals surface area (Å²) in [5.74, 6) is 2.12. The molecule has 0 radical (unpaired) electrons. The summed E-state index contributed by atoms with van der Waals surface area (Å²) in [7, 11) is 3.19. The molecule has 8 nitrogen and oxygen atoms in total. The minimum absolute atomic E-state index is 0.0679. The number of fused-ring (bicyclic) bond motifs is 1. The van der Waals surface area contributed by atoms with Crippen molar-refractivity contribution in [1.82, 2.24) is 15.3 Å². The van der Waals surface area contributed by atoms with Gasteiger partial charge < -0.3 is 19.7 Å². The van der Waals surface area contributed by atoms with E-state index in [1.54, 1.807) is 14.2 Å². The van der Waals surface area contributed by atoms with Crippen molar-refractivity contribution in [3.63, 3.8) is 0 Å². The standard InChI is InChI=1S/C24H30N4O4S/c1-14(2)11-25-22(29)16-6-5-9-28(12-16)24-26-20-17(13-33-21(20)23(30)27-24)15-7-8-18(31-3)19(10-15)32-4/h7-8,10,13-14,16H,5-6,9,11-12H2,1-4H3,(H,25,29)(H,26,27,30). The van der Waals surface area contributed by atoms with E-state index in [0.29, 0.717) is 46.7 Å². The molecule has 33 heavy (non-hydrogen) atoms. The van der Waals surface area contributed by atoms with Gasteiger partial charge in [0.1, 0.15) is 4.70 Å². The number of carbonyl (C=O) groups excluding carboxylic acids is 1. The Labute approximate surface area is 196 Å². The first-order valence-electron chi connectivity index (χ1n) is 11.2. The highest BCUT2D eigenvalue weighted by atomic mass is 32.1. The average Bonchev–Trinajstić information content (AvgIpc) is 3.26. The molecule has 2 N–H and O–H groups in total. The van der Waals surface area contributed by atoms with Crippen LogP contribution in [0.2, 0.25) is 0 Å². The van der Waals surface area contributed by atoms with Crippen LogP contribution in [0.1, 0.15) is 26.7 Å². The molecule has 1 aliphatic heterocycles. The third-order valence-electron chi connectivity index (χ3n) is 5.88. The predicted molar refractivity (Wildman–Crippen MR) is 132 cm³/mol. The Hall–Kier alpha value is -3.07. The number of hydrogen-bond acceptors (Lipinski definition) is 7. The van der Waals surface area contributed by atoms with E-state index < -0.39 is 0 Å². The molecular formula is C24H30N4O4S. The summed E-state index contributed by atoms with van der Waals surface area (Å²) in [4.78, 5) is 35.3. The van der Waals surface area contributed by atoms with Crippen LogP contribution in [-0.4, -0.2) is 49.7 Å². The first kappa shape index (κ1) is 23.1. The summed E-state index contributed by atoms with van der Waals surface area (Å²) < 4.78 is 11.4. The zero-order chi connectivity index (χ0) is 23.5. The lowest BCUT2D eigenvalue weighted by Crippen LogP contribution is -2.44. The molecule has 0 aliphatic carbocycles. The lowest BCUT2D eigenvalue weighted by molar-refractivity contribution is -0.125. The number of methoxy groups -OCH3 is 2. The third-order valence-corrected chi connectivity index (χ3v) is 6.85. The molecule has 0 bridgehead atoms. The van der Waals surface area contributed by atoms with Crippen molar-refractivity contribution < 1.29 is 14.3 Å². The summed E-state index contributed by atoms with van der Waals surface area (Å²) in [5, 5.41) is 4.97. The number of piperidine rings is 1. The number of rotatable bonds is 7. The highest BCUT2D eigenvalue weighted by Crippen LogP contribution is 2.37. The van der Waals surface area contributed by atoms with E-state index in [-0.39, 0.29) is 17.4 Å². The van der Waals surface area contributed by atoms with Crippen LogP contribution in [0.5, 0.6) is 11.5 Å². The van der Waals surface area contributed by atoms with Crippen molar-refractivity contribution in [3.8, 4) is 22.6 Å². The van der Waals surface area contributed by atoms with E-state index >= 15 is 0 Å². The fraction of sp³-hybridized carbons (Fsp3) is 0.458. The molecule has 4 rings (SSSR count). The van der Waals surface area contributed by atoms with E-state index in [2.05, 4.69) is 24.1 Å². The first-order chi connectivity index (χ1) is 15.9. The molecule has 1 fully saturated rings. The first-order valence-corrected chi connectivity index (χ1v) is 12.1. The molecule has 3 heterocycles. The number of H-pyrrole nitrogens is 1. The van der Waals surface area contributed by atoms with Gasteiger partial charge in [-0.15, -0.1) is 11.3 Å². The number of amides is 1. The SMILES string of the molecule is COc1ccc(-c2csc3c(=O)[nH]c(N4CCCC(C(=O)NCC(C)C)C4)nc23)cc1OC. The van der Waals surface area contributed by atoms with Crippen LogP contribution in [0.25, 0.3) is 21.3 Å². The van der Waals surface area contributed by atoms with Crippen LogP contribution in [0.3, 0.4) is 0 Å². The van der Waals surface area contributed by atoms with E-state index in [1.165, 1.54) is 11.3 Å². The average molecular weight is 471 g/mol. The monoisotopic (exact) mass is 470 g/mol. The molecule has 1 aromatic carbocycles. The number of thiophene rings is 1. The second-order valence-electron chi connectivity index (χ2n) is 8.71. The van der Waals surface area contributed by atoms with E-state index in [9.17, 15) is 9.59 Å². The van der Waals surface area contributed by atoms with Gasteiger partial charge in [0.15, 0.2) is 11.5 Å². The summed E-state index contributed by atoms with van der Waals surface area (Å²) in [6.07, 6.45) is 1.70. The number of anilines is 1. The maximum absolute atomic E-state index is 12.9. The Balaban J connectivity index is 1.65. The quantitative estimate of drug-likeness (QED) is 0.547.